The molecule has 5 rings (SSSR count). The van der Waals surface area contributed by atoms with Crippen LogP contribution < -0.4 is 5.32 Å². The number of aliphatic hydroxyl groups excluding tert-OH is 1. The number of hydrogen-bond acceptors (Lipinski definition) is 11. The predicted molar refractivity (Wildman–Crippen MR) is 187 cm³/mol. The zero-order valence-corrected chi connectivity index (χ0v) is 28.2. The van der Waals surface area contributed by atoms with E-state index >= 15 is 0 Å². The first-order chi connectivity index (χ1) is 24.5. The Kier molecular flexibility index (Phi) is 12.0. The van der Waals surface area contributed by atoms with Gasteiger partial charge in [-0.05, 0) is 64.1 Å². The fraction of sp³-hybridized carbons (Fsp3) is 0.250. The number of nitrogens with one attached hydrogen (secondary N) is 1. The van der Waals surface area contributed by atoms with Crippen molar-refractivity contribution in [2.75, 3.05) is 6.54 Å². The number of likely N-dealkylation sites (tertiary alicyclic amines) is 1. The van der Waals surface area contributed by atoms with Crippen molar-refractivity contribution < 1.29 is 38.8 Å². The minimum atomic E-state index is -1.06. The lowest BCUT2D eigenvalue weighted by Gasteiger charge is -2.28. The van der Waals surface area contributed by atoms with Gasteiger partial charge in [0.05, 0.1) is 22.0 Å². The smallest absolute Gasteiger partial charge is 0.410 e. The van der Waals surface area contributed by atoms with Gasteiger partial charge in [-0.3, -0.25) is 25.0 Å². The van der Waals surface area contributed by atoms with E-state index in [-0.39, 0.29) is 48.0 Å². The Balaban J connectivity index is 1.15. The zero-order chi connectivity index (χ0) is 36.5. The minimum Gasteiger partial charge on any atom is -0.445 e. The number of carbonyl (C=O) groups is 3. The van der Waals surface area contributed by atoms with Crippen molar-refractivity contribution >= 4 is 40.4 Å². The molecule has 15 heteroatoms. The van der Waals surface area contributed by atoms with Crippen molar-refractivity contribution in [3.63, 3.8) is 0 Å². The van der Waals surface area contributed by atoms with Gasteiger partial charge in [-0.25, -0.2) is 9.59 Å². The van der Waals surface area contributed by atoms with Crippen LogP contribution in [0.15, 0.2) is 97.1 Å². The molecule has 1 heterocycles. The molecule has 0 aromatic heterocycles. The lowest BCUT2D eigenvalue weighted by Crippen LogP contribution is -2.39. The first kappa shape index (κ1) is 36.5. The molecule has 1 fully saturated rings. The molecule has 14 nitrogen and oxygen atoms in total. The number of nitro benzene ring substituents is 2. The third-order valence-corrected chi connectivity index (χ3v) is 9.25. The fourth-order valence-corrected chi connectivity index (χ4v) is 6.59. The van der Waals surface area contributed by atoms with Gasteiger partial charge in [-0.2, -0.15) is 0 Å². The summed E-state index contributed by atoms with van der Waals surface area (Å²) in [5.41, 5.74) is 4.26. The number of hydrogen-bond donors (Lipinski definition) is 2. The molecule has 0 bridgehead atoms. The van der Waals surface area contributed by atoms with E-state index in [9.17, 15) is 39.7 Å². The monoisotopic (exact) mass is 714 g/mol. The SMILES string of the molecule is CC(=O)SC1CC(C(O)c2ccc(-c3ccc(CNC(=O)OCc4ccc([N+](=O)[O-])cc4)cc3)cc2)N(C(=O)OCc2ccc([N+](=O)[O-])cc2)C1. The van der Waals surface area contributed by atoms with Crippen LogP contribution in [-0.4, -0.2) is 55.0 Å². The number of thioether (sulfide) groups is 1. The maximum atomic E-state index is 13.2. The van der Waals surface area contributed by atoms with Crippen LogP contribution in [-0.2, 0) is 34.0 Å². The third kappa shape index (κ3) is 9.89. The highest BCUT2D eigenvalue weighted by Crippen LogP contribution is 2.36. The zero-order valence-electron chi connectivity index (χ0n) is 27.4. The van der Waals surface area contributed by atoms with Gasteiger partial charge in [0.15, 0.2) is 5.12 Å². The van der Waals surface area contributed by atoms with Crippen LogP contribution in [0.2, 0.25) is 0 Å². The van der Waals surface area contributed by atoms with E-state index in [1.54, 1.807) is 12.1 Å². The number of ether oxygens (including phenoxy) is 2. The van der Waals surface area contributed by atoms with E-state index in [0.29, 0.717) is 23.1 Å². The molecule has 0 saturated carbocycles. The first-order valence-corrected chi connectivity index (χ1v) is 16.7. The Morgan fingerprint density at radius 2 is 1.29 bits per heavy atom. The lowest BCUT2D eigenvalue weighted by molar-refractivity contribution is -0.385. The van der Waals surface area contributed by atoms with E-state index in [4.69, 9.17) is 9.47 Å². The van der Waals surface area contributed by atoms with Crippen molar-refractivity contribution in [2.45, 2.75) is 50.5 Å². The van der Waals surface area contributed by atoms with Gasteiger partial charge in [-0.1, -0.05) is 60.3 Å². The van der Waals surface area contributed by atoms with Gasteiger partial charge in [0.2, 0.25) is 0 Å². The second-order valence-electron chi connectivity index (χ2n) is 11.8. The Labute approximate surface area is 296 Å². The van der Waals surface area contributed by atoms with Crippen LogP contribution in [0.4, 0.5) is 21.0 Å². The van der Waals surface area contributed by atoms with Gasteiger partial charge in [0.1, 0.15) is 13.2 Å². The number of aliphatic hydroxyl groups is 1. The van der Waals surface area contributed by atoms with Gasteiger partial charge in [-0.15, -0.1) is 0 Å². The normalized spacial score (nSPS) is 15.8. The maximum absolute atomic E-state index is 13.2. The maximum Gasteiger partial charge on any atom is 0.410 e. The standard InChI is InChI=1S/C36H34N4O10S/c1-23(41)51-32-18-33(38(20-32)36(44)50-22-26-6-16-31(17-7-26)40(47)48)34(42)29-12-10-28(11-13-29)27-8-2-24(3-9-27)19-37-35(43)49-21-25-4-14-30(15-5-25)39(45)46/h2-17,32-34,42H,18-22H2,1H3,(H,37,43). The van der Waals surface area contributed by atoms with Crippen molar-refractivity contribution in [3.8, 4) is 11.1 Å². The molecule has 2 amide bonds. The van der Waals surface area contributed by atoms with Crippen LogP contribution >= 0.6 is 11.8 Å². The van der Waals surface area contributed by atoms with Crippen LogP contribution in [0.25, 0.3) is 11.1 Å². The molecule has 4 aromatic carbocycles. The molecule has 0 aliphatic carbocycles. The van der Waals surface area contributed by atoms with E-state index in [1.165, 1.54) is 60.4 Å². The Hall–Kier alpha value is -5.80. The summed E-state index contributed by atoms with van der Waals surface area (Å²) in [6.07, 6.45) is -1.97. The van der Waals surface area contributed by atoms with Gasteiger partial charge in [0, 0.05) is 49.5 Å². The van der Waals surface area contributed by atoms with Crippen LogP contribution in [0.1, 0.15) is 41.7 Å². The van der Waals surface area contributed by atoms with E-state index in [1.807, 2.05) is 36.4 Å². The highest BCUT2D eigenvalue weighted by atomic mass is 32.2. The Morgan fingerprint density at radius 1 is 0.804 bits per heavy atom. The molecular formula is C36H34N4O10S. The summed E-state index contributed by atoms with van der Waals surface area (Å²) < 4.78 is 10.7. The highest BCUT2D eigenvalue weighted by Gasteiger charge is 2.41. The average molecular weight is 715 g/mol. The molecular weight excluding hydrogens is 680 g/mol. The van der Waals surface area contributed by atoms with Crippen LogP contribution in [0.3, 0.4) is 0 Å². The fourth-order valence-electron chi connectivity index (χ4n) is 5.60. The number of benzene rings is 4. The van der Waals surface area contributed by atoms with E-state index < -0.39 is 34.2 Å². The molecule has 264 valence electrons. The second-order valence-corrected chi connectivity index (χ2v) is 13.3. The molecule has 3 atom stereocenters. The summed E-state index contributed by atoms with van der Waals surface area (Å²) in [5, 5.41) is 35.5. The number of non-ortho nitro benzene ring substituents is 2. The largest absolute Gasteiger partial charge is 0.445 e. The van der Waals surface area contributed by atoms with Crippen molar-refractivity contribution in [3.05, 3.63) is 140 Å². The Morgan fingerprint density at radius 3 is 1.80 bits per heavy atom. The summed E-state index contributed by atoms with van der Waals surface area (Å²) in [6, 6.07) is 25.5. The molecule has 4 aromatic rings. The molecule has 1 saturated heterocycles. The molecule has 0 radical (unpaired) electrons. The first-order valence-electron chi connectivity index (χ1n) is 15.8. The topological polar surface area (TPSA) is 191 Å². The quantitative estimate of drug-likeness (QED) is 0.117. The summed E-state index contributed by atoms with van der Waals surface area (Å²) in [4.78, 5) is 59.3. The van der Waals surface area contributed by atoms with Gasteiger partial charge < -0.3 is 24.8 Å². The minimum absolute atomic E-state index is 0.0292. The lowest BCUT2D eigenvalue weighted by atomic mass is 9.97. The average Bonchev–Trinajstić information content (AvgIpc) is 3.55. The molecule has 1 aliphatic rings. The molecule has 0 spiro atoms. The Bertz CT molecular complexity index is 1870. The highest BCUT2D eigenvalue weighted by molar-refractivity contribution is 8.14. The predicted octanol–water partition coefficient (Wildman–Crippen LogP) is 6.69. The van der Waals surface area contributed by atoms with Gasteiger partial charge in [0.25, 0.3) is 11.4 Å². The number of nitro groups is 2. The molecule has 51 heavy (non-hydrogen) atoms. The molecule has 2 N–H and O–H groups in total. The van der Waals surface area contributed by atoms with Crippen molar-refractivity contribution in [2.24, 2.45) is 0 Å². The second kappa shape index (κ2) is 16.7. The van der Waals surface area contributed by atoms with Crippen LogP contribution in [0, 0.1) is 20.2 Å². The van der Waals surface area contributed by atoms with E-state index in [0.717, 1.165) is 28.5 Å². The van der Waals surface area contributed by atoms with Gasteiger partial charge >= 0.3 is 12.2 Å². The van der Waals surface area contributed by atoms with Crippen LogP contribution in [0.5, 0.6) is 0 Å². The van der Waals surface area contributed by atoms with Crippen molar-refractivity contribution in [1.29, 1.82) is 0 Å². The number of alkyl carbamates (subject to hydrolysis) is 1. The third-order valence-electron chi connectivity index (χ3n) is 8.24. The summed E-state index contributed by atoms with van der Waals surface area (Å²) in [5.74, 6) is 0. The summed E-state index contributed by atoms with van der Waals surface area (Å²) >= 11 is 1.11. The number of carbonyl (C=O) groups excluding carboxylic acids is 3. The molecule has 3 unspecified atom stereocenters. The van der Waals surface area contributed by atoms with Crippen molar-refractivity contribution in [1.82, 2.24) is 10.2 Å². The number of nitrogens with zero attached hydrogens (tertiary/aromatic N) is 3. The molecule has 1 aliphatic heterocycles. The summed E-state index contributed by atoms with van der Waals surface area (Å²) in [6.45, 7) is 1.74. The summed E-state index contributed by atoms with van der Waals surface area (Å²) in [7, 11) is 0. The number of amides is 2. The van der Waals surface area contributed by atoms with E-state index in [2.05, 4.69) is 5.32 Å². The number of rotatable bonds is 12.